The molecule has 0 amide bonds. The van der Waals surface area contributed by atoms with Crippen molar-refractivity contribution < 1.29 is 0 Å². The first-order valence-corrected chi connectivity index (χ1v) is 6.78. The summed E-state index contributed by atoms with van der Waals surface area (Å²) in [5.74, 6) is 0. The van der Waals surface area contributed by atoms with Crippen LogP contribution in [0.5, 0.6) is 0 Å². The molecule has 0 bridgehead atoms. The van der Waals surface area contributed by atoms with Crippen LogP contribution in [0.1, 0.15) is 11.3 Å². The van der Waals surface area contributed by atoms with Crippen LogP contribution in [0.3, 0.4) is 0 Å². The normalized spacial score (nSPS) is 10.8. The lowest BCUT2D eigenvalue weighted by atomic mass is 10.1. The summed E-state index contributed by atoms with van der Waals surface area (Å²) in [6.07, 6.45) is 1.98. The Balaban J connectivity index is 1.80. The first kappa shape index (κ1) is 12.2. The second-order valence-corrected chi connectivity index (χ2v) is 5.06. The van der Waals surface area contributed by atoms with Crippen LogP contribution >= 0.6 is 11.6 Å². The van der Waals surface area contributed by atoms with E-state index in [0.29, 0.717) is 0 Å². The molecule has 3 rings (SSSR count). The maximum Gasteiger partial charge on any atom is 0.0706 e. The van der Waals surface area contributed by atoms with Gasteiger partial charge in [-0.1, -0.05) is 48.0 Å². The lowest BCUT2D eigenvalue weighted by molar-refractivity contribution is 0.923. The molecule has 0 saturated heterocycles. The number of halogens is 1. The van der Waals surface area contributed by atoms with Gasteiger partial charge in [0.15, 0.2) is 0 Å². The van der Waals surface area contributed by atoms with Crippen molar-refractivity contribution in [2.45, 2.75) is 12.8 Å². The zero-order valence-electron chi connectivity index (χ0n) is 10.5. The van der Waals surface area contributed by atoms with Crippen molar-refractivity contribution in [3.05, 3.63) is 76.9 Å². The van der Waals surface area contributed by atoms with Gasteiger partial charge in [0.25, 0.3) is 0 Å². The van der Waals surface area contributed by atoms with Crippen LogP contribution in [0.25, 0.3) is 10.9 Å². The smallest absolute Gasteiger partial charge is 0.0706 e. The second kappa shape index (κ2) is 5.41. The van der Waals surface area contributed by atoms with Gasteiger partial charge in [0.05, 0.1) is 5.52 Å². The second-order valence-electron chi connectivity index (χ2n) is 4.63. The molecule has 19 heavy (non-hydrogen) atoms. The van der Waals surface area contributed by atoms with Gasteiger partial charge in [0.2, 0.25) is 0 Å². The maximum absolute atomic E-state index is 5.97. The third-order valence-corrected chi connectivity index (χ3v) is 3.46. The van der Waals surface area contributed by atoms with Crippen molar-refractivity contribution >= 4 is 22.5 Å². The summed E-state index contributed by atoms with van der Waals surface area (Å²) in [6.45, 7) is 0. The number of benzene rings is 2. The Morgan fingerprint density at radius 2 is 1.68 bits per heavy atom. The monoisotopic (exact) mass is 267 g/mol. The Labute approximate surface area is 117 Å². The minimum Gasteiger partial charge on any atom is -0.253 e. The van der Waals surface area contributed by atoms with Crippen LogP contribution < -0.4 is 0 Å². The van der Waals surface area contributed by atoms with Gasteiger partial charge in [-0.25, -0.2) is 0 Å². The summed E-state index contributed by atoms with van der Waals surface area (Å²) in [7, 11) is 0. The number of aromatic nitrogens is 1. The molecule has 0 unspecified atom stereocenters. The number of rotatable bonds is 3. The van der Waals surface area contributed by atoms with E-state index in [1.807, 2.05) is 24.3 Å². The lowest BCUT2D eigenvalue weighted by Crippen LogP contribution is -1.94. The average Bonchev–Trinajstić information content (AvgIpc) is 2.46. The molecule has 0 spiro atoms. The molecule has 0 radical (unpaired) electrons. The Morgan fingerprint density at radius 1 is 0.842 bits per heavy atom. The number of hydrogen-bond acceptors (Lipinski definition) is 1. The Morgan fingerprint density at radius 3 is 2.53 bits per heavy atom. The Hall–Kier alpha value is -1.86. The highest BCUT2D eigenvalue weighted by atomic mass is 35.5. The fraction of sp³-hybridized carbons (Fsp3) is 0.118. The highest BCUT2D eigenvalue weighted by Gasteiger charge is 2.00. The summed E-state index contributed by atoms with van der Waals surface area (Å²) in [6, 6.07) is 20.5. The third-order valence-electron chi connectivity index (χ3n) is 3.22. The lowest BCUT2D eigenvalue weighted by Gasteiger charge is -2.04. The summed E-state index contributed by atoms with van der Waals surface area (Å²) in [5.41, 5.74) is 3.48. The van der Waals surface area contributed by atoms with Crippen molar-refractivity contribution in [2.75, 3.05) is 0 Å². The van der Waals surface area contributed by atoms with Gasteiger partial charge in [0, 0.05) is 16.1 Å². The van der Waals surface area contributed by atoms with Gasteiger partial charge in [0.1, 0.15) is 0 Å². The molecule has 0 saturated carbocycles. The molecule has 0 aliphatic rings. The maximum atomic E-state index is 5.97. The quantitative estimate of drug-likeness (QED) is 0.672. The number of aryl methyl sites for hydroxylation is 2. The van der Waals surface area contributed by atoms with Crippen LogP contribution in [0.4, 0.5) is 0 Å². The van der Waals surface area contributed by atoms with E-state index in [1.165, 1.54) is 5.56 Å². The largest absolute Gasteiger partial charge is 0.253 e. The van der Waals surface area contributed by atoms with Crippen LogP contribution in [-0.4, -0.2) is 4.98 Å². The molecule has 0 N–H and O–H groups in total. The molecular weight excluding hydrogens is 254 g/mol. The van der Waals surface area contributed by atoms with E-state index in [-0.39, 0.29) is 0 Å². The van der Waals surface area contributed by atoms with E-state index >= 15 is 0 Å². The van der Waals surface area contributed by atoms with Crippen molar-refractivity contribution in [3.63, 3.8) is 0 Å². The van der Waals surface area contributed by atoms with E-state index in [2.05, 4.69) is 41.4 Å². The number of fused-ring (bicyclic) bond motifs is 1. The van der Waals surface area contributed by atoms with Crippen LogP contribution in [-0.2, 0) is 12.8 Å². The summed E-state index contributed by atoms with van der Waals surface area (Å²) in [4.78, 5) is 4.67. The van der Waals surface area contributed by atoms with Gasteiger partial charge in [-0.3, -0.25) is 4.98 Å². The molecular formula is C17H14ClN. The van der Waals surface area contributed by atoms with E-state index < -0.39 is 0 Å². The number of nitrogens with zero attached hydrogens (tertiary/aromatic N) is 1. The average molecular weight is 268 g/mol. The van der Waals surface area contributed by atoms with E-state index in [1.54, 1.807) is 0 Å². The zero-order valence-corrected chi connectivity index (χ0v) is 11.3. The molecule has 3 aromatic rings. The molecule has 0 fully saturated rings. The summed E-state index contributed by atoms with van der Waals surface area (Å²) < 4.78 is 0. The molecule has 0 atom stereocenters. The minimum atomic E-state index is 0.756. The Bertz CT molecular complexity index is 692. The number of hydrogen-bond donors (Lipinski definition) is 0. The predicted molar refractivity (Wildman–Crippen MR) is 80.6 cm³/mol. The molecule has 2 aromatic carbocycles. The molecule has 2 heteroatoms. The van der Waals surface area contributed by atoms with E-state index in [9.17, 15) is 0 Å². The van der Waals surface area contributed by atoms with Crippen molar-refractivity contribution in [2.24, 2.45) is 0 Å². The SMILES string of the molecule is Clc1ccc2nc(CCc3ccccc3)ccc2c1. The van der Waals surface area contributed by atoms with Gasteiger partial charge in [-0.05, 0) is 42.7 Å². The van der Waals surface area contributed by atoms with E-state index in [4.69, 9.17) is 11.6 Å². The standard InChI is InChI=1S/C17H14ClN/c18-15-8-11-17-14(12-15)7-10-16(19-17)9-6-13-4-2-1-3-5-13/h1-5,7-8,10-12H,6,9H2. The highest BCUT2D eigenvalue weighted by molar-refractivity contribution is 6.31. The molecule has 0 aliphatic carbocycles. The number of pyridine rings is 1. The molecule has 0 aliphatic heterocycles. The first-order valence-electron chi connectivity index (χ1n) is 6.40. The van der Waals surface area contributed by atoms with Gasteiger partial charge in [-0.15, -0.1) is 0 Å². The van der Waals surface area contributed by atoms with Gasteiger partial charge < -0.3 is 0 Å². The summed E-state index contributed by atoms with van der Waals surface area (Å²) in [5, 5.41) is 1.85. The van der Waals surface area contributed by atoms with Crippen molar-refractivity contribution in [1.82, 2.24) is 4.98 Å². The highest BCUT2D eigenvalue weighted by Crippen LogP contribution is 2.18. The van der Waals surface area contributed by atoms with Gasteiger partial charge >= 0.3 is 0 Å². The van der Waals surface area contributed by atoms with Crippen molar-refractivity contribution in [3.8, 4) is 0 Å². The minimum absolute atomic E-state index is 0.756. The fourth-order valence-corrected chi connectivity index (χ4v) is 2.38. The molecule has 1 aromatic heterocycles. The van der Waals surface area contributed by atoms with Gasteiger partial charge in [-0.2, -0.15) is 0 Å². The zero-order chi connectivity index (χ0) is 13.1. The summed E-state index contributed by atoms with van der Waals surface area (Å²) >= 11 is 5.97. The topological polar surface area (TPSA) is 12.9 Å². The predicted octanol–water partition coefficient (Wildman–Crippen LogP) is 4.67. The third kappa shape index (κ3) is 2.94. The van der Waals surface area contributed by atoms with Crippen molar-refractivity contribution in [1.29, 1.82) is 0 Å². The fourth-order valence-electron chi connectivity index (χ4n) is 2.19. The molecule has 1 nitrogen and oxygen atoms in total. The Kier molecular flexibility index (Phi) is 3.47. The molecule has 94 valence electrons. The first-order chi connectivity index (χ1) is 9.31. The van der Waals surface area contributed by atoms with Crippen LogP contribution in [0, 0.1) is 0 Å². The van der Waals surface area contributed by atoms with Crippen LogP contribution in [0.2, 0.25) is 5.02 Å². The van der Waals surface area contributed by atoms with Crippen LogP contribution in [0.15, 0.2) is 60.7 Å². The van der Waals surface area contributed by atoms with E-state index in [0.717, 1.165) is 34.5 Å². The molecule has 1 heterocycles.